The quantitative estimate of drug-likeness (QED) is 0.621. The molecule has 0 nitrogen and oxygen atoms in total. The minimum Gasteiger partial charge on any atom is -0.0654 e. The second kappa shape index (κ2) is 3.30. The van der Waals surface area contributed by atoms with Crippen LogP contribution in [-0.2, 0) is 6.42 Å². The van der Waals surface area contributed by atoms with Crippen LogP contribution in [0.25, 0.3) is 0 Å². The number of benzene rings is 1. The first kappa shape index (κ1) is 7.85. The summed E-state index contributed by atoms with van der Waals surface area (Å²) in [5.74, 6) is 0.867. The van der Waals surface area contributed by atoms with Gasteiger partial charge in [-0.15, -0.1) is 0 Å². The van der Waals surface area contributed by atoms with Crippen molar-refractivity contribution in [2.24, 2.45) is 0 Å². The molecule has 0 saturated carbocycles. The first-order chi connectivity index (χ1) is 5.92. The molecule has 1 aromatic rings. The average molecular weight is 160 g/mol. The van der Waals surface area contributed by atoms with Gasteiger partial charge in [0.1, 0.15) is 0 Å². The maximum Gasteiger partial charge on any atom is -0.0156 e. The van der Waals surface area contributed by atoms with E-state index in [-0.39, 0.29) is 0 Å². The molecule has 1 aromatic carbocycles. The fourth-order valence-corrected chi connectivity index (χ4v) is 2.29. The van der Waals surface area contributed by atoms with Gasteiger partial charge in [0.15, 0.2) is 0 Å². The molecule has 0 aromatic heterocycles. The molecule has 0 heteroatoms. The summed E-state index contributed by atoms with van der Waals surface area (Å²) in [4.78, 5) is 0. The van der Waals surface area contributed by atoms with E-state index in [1.54, 1.807) is 11.1 Å². The Morgan fingerprint density at radius 1 is 1.33 bits per heavy atom. The zero-order valence-corrected chi connectivity index (χ0v) is 7.72. The normalized spacial score (nSPS) is 20.9. The maximum atomic E-state index is 2.31. The van der Waals surface area contributed by atoms with Gasteiger partial charge in [-0.05, 0) is 36.3 Å². The van der Waals surface area contributed by atoms with E-state index < -0.39 is 0 Å². The first-order valence-electron chi connectivity index (χ1n) is 4.99. The molecule has 64 valence electrons. The van der Waals surface area contributed by atoms with Gasteiger partial charge in [-0.25, -0.2) is 0 Å². The summed E-state index contributed by atoms with van der Waals surface area (Å²) in [7, 11) is 0. The minimum absolute atomic E-state index is 0.867. The number of hydrogen-bond acceptors (Lipinski definition) is 0. The van der Waals surface area contributed by atoms with Gasteiger partial charge in [0.25, 0.3) is 0 Å². The minimum atomic E-state index is 0.867. The molecule has 0 fully saturated rings. The van der Waals surface area contributed by atoms with Crippen LogP contribution >= 0.6 is 0 Å². The zero-order chi connectivity index (χ0) is 8.39. The molecule has 0 spiro atoms. The molecule has 0 heterocycles. The van der Waals surface area contributed by atoms with E-state index in [1.165, 1.54) is 25.7 Å². The predicted molar refractivity (Wildman–Crippen MR) is 52.4 cm³/mol. The van der Waals surface area contributed by atoms with Crippen LogP contribution in [0.15, 0.2) is 24.3 Å². The lowest BCUT2D eigenvalue weighted by molar-refractivity contribution is 0.608. The highest BCUT2D eigenvalue weighted by atomic mass is 14.2. The fraction of sp³-hybridized carbons (Fsp3) is 0.500. The lowest BCUT2D eigenvalue weighted by atomic mass is 9.97. The second-order valence-electron chi connectivity index (χ2n) is 3.72. The van der Waals surface area contributed by atoms with Crippen molar-refractivity contribution in [2.45, 2.75) is 38.5 Å². The van der Waals surface area contributed by atoms with E-state index >= 15 is 0 Å². The molecule has 1 unspecified atom stereocenters. The zero-order valence-electron chi connectivity index (χ0n) is 7.72. The lowest BCUT2D eigenvalue weighted by Gasteiger charge is -2.08. The largest absolute Gasteiger partial charge is 0.0654 e. The Kier molecular flexibility index (Phi) is 2.16. The van der Waals surface area contributed by atoms with E-state index in [2.05, 4.69) is 31.2 Å². The second-order valence-corrected chi connectivity index (χ2v) is 3.72. The van der Waals surface area contributed by atoms with Crippen LogP contribution in [0.1, 0.15) is 43.2 Å². The molecule has 12 heavy (non-hydrogen) atoms. The van der Waals surface area contributed by atoms with Crippen molar-refractivity contribution in [1.29, 1.82) is 0 Å². The predicted octanol–water partition coefficient (Wildman–Crippen LogP) is 3.52. The summed E-state index contributed by atoms with van der Waals surface area (Å²) in [6, 6.07) is 8.92. The van der Waals surface area contributed by atoms with E-state index in [9.17, 15) is 0 Å². The van der Waals surface area contributed by atoms with Crippen molar-refractivity contribution in [2.75, 3.05) is 0 Å². The topological polar surface area (TPSA) is 0 Å². The van der Waals surface area contributed by atoms with E-state index in [0.29, 0.717) is 0 Å². The van der Waals surface area contributed by atoms with Crippen LogP contribution in [0.2, 0.25) is 0 Å². The first-order valence-corrected chi connectivity index (χ1v) is 4.99. The lowest BCUT2D eigenvalue weighted by Crippen LogP contribution is -1.91. The van der Waals surface area contributed by atoms with Crippen molar-refractivity contribution in [3.63, 3.8) is 0 Å². The molecule has 0 radical (unpaired) electrons. The number of fused-ring (bicyclic) bond motifs is 1. The molecule has 1 aliphatic carbocycles. The van der Waals surface area contributed by atoms with Crippen molar-refractivity contribution in [3.8, 4) is 0 Å². The molecule has 1 atom stereocenters. The summed E-state index contributed by atoms with van der Waals surface area (Å²) in [6.45, 7) is 2.28. The Labute approximate surface area is 74.6 Å². The van der Waals surface area contributed by atoms with Crippen LogP contribution < -0.4 is 0 Å². The molecule has 0 N–H and O–H groups in total. The molecular formula is C12H16. The van der Waals surface area contributed by atoms with E-state index in [1.807, 2.05) is 0 Å². The number of rotatable bonds is 2. The summed E-state index contributed by atoms with van der Waals surface area (Å²) < 4.78 is 0. The summed E-state index contributed by atoms with van der Waals surface area (Å²) in [5, 5.41) is 0. The number of hydrogen-bond donors (Lipinski definition) is 0. The summed E-state index contributed by atoms with van der Waals surface area (Å²) in [6.07, 6.45) is 5.38. The van der Waals surface area contributed by atoms with Gasteiger partial charge in [0.2, 0.25) is 0 Å². The van der Waals surface area contributed by atoms with Crippen LogP contribution in [0, 0.1) is 0 Å². The van der Waals surface area contributed by atoms with Gasteiger partial charge >= 0.3 is 0 Å². The molecule has 0 amide bonds. The van der Waals surface area contributed by atoms with Gasteiger partial charge in [-0.1, -0.05) is 37.6 Å². The molecule has 0 saturated heterocycles. The van der Waals surface area contributed by atoms with Crippen molar-refractivity contribution < 1.29 is 0 Å². The van der Waals surface area contributed by atoms with Gasteiger partial charge in [-0.2, -0.15) is 0 Å². The smallest absolute Gasteiger partial charge is 0.0156 e. The summed E-state index contributed by atoms with van der Waals surface area (Å²) >= 11 is 0. The maximum absolute atomic E-state index is 2.31. The van der Waals surface area contributed by atoms with Crippen LogP contribution in [-0.4, -0.2) is 0 Å². The molecular weight excluding hydrogens is 144 g/mol. The van der Waals surface area contributed by atoms with E-state index in [0.717, 1.165) is 5.92 Å². The Morgan fingerprint density at radius 3 is 3.00 bits per heavy atom. The van der Waals surface area contributed by atoms with Crippen molar-refractivity contribution in [1.82, 2.24) is 0 Å². The molecule has 1 aliphatic rings. The van der Waals surface area contributed by atoms with E-state index in [4.69, 9.17) is 0 Å². The Morgan fingerprint density at radius 2 is 2.17 bits per heavy atom. The standard InChI is InChI=1S/C12H16/c1-2-5-10-8-9-11-6-3-4-7-12(10)11/h3-4,6-7,10H,2,5,8-9H2,1H3. The Bertz CT molecular complexity index is 260. The highest BCUT2D eigenvalue weighted by Gasteiger charge is 2.20. The van der Waals surface area contributed by atoms with Gasteiger partial charge in [-0.3, -0.25) is 0 Å². The van der Waals surface area contributed by atoms with Crippen molar-refractivity contribution >= 4 is 0 Å². The molecule has 2 rings (SSSR count). The monoisotopic (exact) mass is 160 g/mol. The van der Waals surface area contributed by atoms with Gasteiger partial charge in [0, 0.05) is 0 Å². The fourth-order valence-electron chi connectivity index (χ4n) is 2.29. The molecule has 0 bridgehead atoms. The third-order valence-electron chi connectivity index (χ3n) is 2.89. The van der Waals surface area contributed by atoms with Crippen LogP contribution in [0.5, 0.6) is 0 Å². The van der Waals surface area contributed by atoms with Gasteiger partial charge < -0.3 is 0 Å². The van der Waals surface area contributed by atoms with Crippen LogP contribution in [0.3, 0.4) is 0 Å². The van der Waals surface area contributed by atoms with Crippen LogP contribution in [0.4, 0.5) is 0 Å². The van der Waals surface area contributed by atoms with Crippen molar-refractivity contribution in [3.05, 3.63) is 35.4 Å². The SMILES string of the molecule is CCCC1CCc2ccccc21. The molecule has 0 aliphatic heterocycles. The highest BCUT2D eigenvalue weighted by Crippen LogP contribution is 2.35. The third-order valence-corrected chi connectivity index (χ3v) is 2.89. The number of aryl methyl sites for hydroxylation is 1. The van der Waals surface area contributed by atoms with Gasteiger partial charge in [0.05, 0.1) is 0 Å². The Hall–Kier alpha value is -0.780. The Balaban J connectivity index is 2.24. The average Bonchev–Trinajstić information content (AvgIpc) is 2.50. The third kappa shape index (κ3) is 1.26. The summed E-state index contributed by atoms with van der Waals surface area (Å²) in [5.41, 5.74) is 3.22. The highest BCUT2D eigenvalue weighted by molar-refractivity contribution is 5.34.